The van der Waals surface area contributed by atoms with Crippen LogP contribution in [0.25, 0.3) is 11.1 Å². The van der Waals surface area contributed by atoms with Crippen molar-refractivity contribution in [2.75, 3.05) is 37.5 Å². The number of benzene rings is 1. The molecule has 1 amide bonds. The van der Waals surface area contributed by atoms with Gasteiger partial charge in [-0.15, -0.1) is 0 Å². The Balaban J connectivity index is 1.85. The second-order valence-electron chi connectivity index (χ2n) is 5.23. The number of carbonyl (C=O) groups excluding carboxylic acids is 1. The van der Waals surface area contributed by atoms with Crippen LogP contribution in [0.1, 0.15) is 6.42 Å². The van der Waals surface area contributed by atoms with Crippen LogP contribution in [-0.2, 0) is 9.53 Å². The SMILES string of the molecule is COCCCNc1c(-c2ccc3c(c2)OCC(=O)N3)c(=O)c1=O. The Morgan fingerprint density at radius 2 is 2.09 bits per heavy atom. The second kappa shape index (κ2) is 6.21. The maximum Gasteiger partial charge on any atom is 0.262 e. The molecule has 0 saturated heterocycles. The molecule has 0 aromatic heterocycles. The number of anilines is 2. The van der Waals surface area contributed by atoms with E-state index in [1.165, 1.54) is 0 Å². The summed E-state index contributed by atoms with van der Waals surface area (Å²) >= 11 is 0. The highest BCUT2D eigenvalue weighted by molar-refractivity contribution is 5.96. The number of hydrogen-bond acceptors (Lipinski definition) is 6. The van der Waals surface area contributed by atoms with Gasteiger partial charge in [0, 0.05) is 20.3 Å². The topological polar surface area (TPSA) is 93.7 Å². The molecule has 7 heteroatoms. The average Bonchev–Trinajstić information content (AvgIpc) is 2.56. The lowest BCUT2D eigenvalue weighted by molar-refractivity contribution is -0.118. The standard InChI is InChI=1S/C16H16N2O5/c1-22-6-2-5-17-14-13(15(20)16(14)21)9-3-4-10-11(7-9)23-8-12(19)18-10/h3-4,7,17H,2,5-6,8H2,1H3,(H,18,19). The molecule has 1 heterocycles. The van der Waals surface area contributed by atoms with Crippen molar-refractivity contribution in [2.45, 2.75) is 6.42 Å². The van der Waals surface area contributed by atoms with Crippen molar-refractivity contribution in [3.8, 4) is 16.9 Å². The number of amides is 1. The number of rotatable bonds is 6. The summed E-state index contributed by atoms with van der Waals surface area (Å²) in [7, 11) is 1.61. The predicted molar refractivity (Wildman–Crippen MR) is 85.9 cm³/mol. The Hall–Kier alpha value is -2.67. The molecule has 0 radical (unpaired) electrons. The van der Waals surface area contributed by atoms with Crippen molar-refractivity contribution in [1.82, 2.24) is 0 Å². The van der Waals surface area contributed by atoms with Crippen LogP contribution < -0.4 is 26.2 Å². The summed E-state index contributed by atoms with van der Waals surface area (Å²) in [4.78, 5) is 34.9. The van der Waals surface area contributed by atoms with E-state index in [1.54, 1.807) is 25.3 Å². The molecule has 1 aliphatic rings. The first-order chi connectivity index (χ1) is 11.1. The number of carbonyl (C=O) groups is 1. The van der Waals surface area contributed by atoms with Crippen LogP contribution in [0.5, 0.6) is 5.75 Å². The molecular formula is C16H16N2O5. The first-order valence-corrected chi connectivity index (χ1v) is 7.25. The van der Waals surface area contributed by atoms with Crippen molar-refractivity contribution >= 4 is 17.3 Å². The fourth-order valence-electron chi connectivity index (χ4n) is 2.50. The van der Waals surface area contributed by atoms with Crippen molar-refractivity contribution in [1.29, 1.82) is 0 Å². The van der Waals surface area contributed by atoms with Crippen LogP contribution >= 0.6 is 0 Å². The minimum atomic E-state index is -0.515. The van der Waals surface area contributed by atoms with Crippen molar-refractivity contribution in [2.24, 2.45) is 0 Å². The zero-order valence-electron chi connectivity index (χ0n) is 12.6. The van der Waals surface area contributed by atoms with Gasteiger partial charge in [0.1, 0.15) is 5.75 Å². The molecule has 2 aromatic rings. The molecule has 0 atom stereocenters. The number of fused-ring (bicyclic) bond motifs is 1. The molecule has 2 aromatic carbocycles. The van der Waals surface area contributed by atoms with E-state index >= 15 is 0 Å². The van der Waals surface area contributed by atoms with Gasteiger partial charge in [0.25, 0.3) is 5.91 Å². The third kappa shape index (κ3) is 2.83. The Morgan fingerprint density at radius 1 is 1.26 bits per heavy atom. The predicted octanol–water partition coefficient (Wildman–Crippen LogP) is 0.729. The molecule has 0 bridgehead atoms. The van der Waals surface area contributed by atoms with Gasteiger partial charge in [-0.05, 0) is 24.1 Å². The van der Waals surface area contributed by atoms with Gasteiger partial charge in [0.2, 0.25) is 10.9 Å². The van der Waals surface area contributed by atoms with Gasteiger partial charge in [0.05, 0.1) is 16.9 Å². The summed E-state index contributed by atoms with van der Waals surface area (Å²) in [5, 5.41) is 5.67. The number of methoxy groups -OCH3 is 1. The Morgan fingerprint density at radius 3 is 2.87 bits per heavy atom. The molecular weight excluding hydrogens is 300 g/mol. The highest BCUT2D eigenvalue weighted by Gasteiger charge is 2.24. The first kappa shape index (κ1) is 15.2. The molecule has 3 rings (SSSR count). The van der Waals surface area contributed by atoms with Gasteiger partial charge in [0.15, 0.2) is 6.61 Å². The molecule has 0 fully saturated rings. The summed E-state index contributed by atoms with van der Waals surface area (Å²) in [6.07, 6.45) is 0.730. The minimum absolute atomic E-state index is 0.0650. The number of nitrogens with one attached hydrogen (secondary N) is 2. The molecule has 1 aliphatic heterocycles. The van der Waals surface area contributed by atoms with E-state index in [-0.39, 0.29) is 12.5 Å². The molecule has 2 N–H and O–H groups in total. The zero-order chi connectivity index (χ0) is 16.4. The first-order valence-electron chi connectivity index (χ1n) is 7.25. The molecule has 120 valence electrons. The fourth-order valence-corrected chi connectivity index (χ4v) is 2.50. The van der Waals surface area contributed by atoms with Crippen molar-refractivity contribution < 1.29 is 14.3 Å². The van der Waals surface area contributed by atoms with Crippen molar-refractivity contribution in [3.05, 3.63) is 38.6 Å². The number of hydrogen-bond donors (Lipinski definition) is 2. The van der Waals surface area contributed by atoms with Gasteiger partial charge in [-0.3, -0.25) is 14.4 Å². The summed E-state index contributed by atoms with van der Waals surface area (Å²) in [5.74, 6) is 0.264. The maximum atomic E-state index is 11.9. The van der Waals surface area contributed by atoms with E-state index < -0.39 is 10.9 Å². The third-order valence-corrected chi connectivity index (χ3v) is 3.64. The van der Waals surface area contributed by atoms with Crippen LogP contribution in [-0.4, -0.2) is 32.8 Å². The quantitative estimate of drug-likeness (QED) is 0.603. The average molecular weight is 316 g/mol. The Kier molecular flexibility index (Phi) is 4.12. The Bertz CT molecular complexity index is 820. The highest BCUT2D eigenvalue weighted by atomic mass is 16.5. The lowest BCUT2D eigenvalue weighted by Gasteiger charge is -2.19. The minimum Gasteiger partial charge on any atom is -0.482 e. The van der Waals surface area contributed by atoms with E-state index in [9.17, 15) is 14.4 Å². The summed E-state index contributed by atoms with van der Waals surface area (Å²) in [6, 6.07) is 5.00. The molecule has 7 nitrogen and oxygen atoms in total. The molecule has 23 heavy (non-hydrogen) atoms. The molecule has 0 spiro atoms. The van der Waals surface area contributed by atoms with Crippen molar-refractivity contribution in [3.63, 3.8) is 0 Å². The van der Waals surface area contributed by atoms with E-state index in [1.807, 2.05) is 0 Å². The van der Waals surface area contributed by atoms with Crippen LogP contribution in [0.4, 0.5) is 11.4 Å². The van der Waals surface area contributed by atoms with E-state index in [4.69, 9.17) is 9.47 Å². The van der Waals surface area contributed by atoms with E-state index in [2.05, 4.69) is 10.6 Å². The normalized spacial score (nSPS) is 13.3. The van der Waals surface area contributed by atoms with Gasteiger partial charge >= 0.3 is 0 Å². The summed E-state index contributed by atoms with van der Waals surface area (Å²) < 4.78 is 10.3. The zero-order valence-corrected chi connectivity index (χ0v) is 12.6. The van der Waals surface area contributed by atoms with E-state index in [0.717, 1.165) is 6.42 Å². The maximum absolute atomic E-state index is 11.9. The summed E-state index contributed by atoms with van der Waals surface area (Å²) in [6.45, 7) is 1.05. The summed E-state index contributed by atoms with van der Waals surface area (Å²) in [5.41, 5.74) is 0.807. The lowest BCUT2D eigenvalue weighted by atomic mass is 9.97. The smallest absolute Gasteiger partial charge is 0.262 e. The second-order valence-corrected chi connectivity index (χ2v) is 5.23. The van der Waals surface area contributed by atoms with Gasteiger partial charge < -0.3 is 20.1 Å². The monoisotopic (exact) mass is 316 g/mol. The van der Waals surface area contributed by atoms with Crippen LogP contribution in [0.2, 0.25) is 0 Å². The number of ether oxygens (including phenoxy) is 2. The van der Waals surface area contributed by atoms with Crippen LogP contribution in [0.3, 0.4) is 0 Å². The Labute approximate surface area is 131 Å². The van der Waals surface area contributed by atoms with Gasteiger partial charge in [-0.1, -0.05) is 6.07 Å². The molecule has 0 saturated carbocycles. The lowest BCUT2D eigenvalue weighted by Crippen LogP contribution is -2.36. The largest absolute Gasteiger partial charge is 0.482 e. The van der Waals surface area contributed by atoms with Crippen LogP contribution in [0.15, 0.2) is 27.8 Å². The van der Waals surface area contributed by atoms with E-state index in [0.29, 0.717) is 41.4 Å². The molecule has 0 aliphatic carbocycles. The van der Waals surface area contributed by atoms with Crippen LogP contribution in [0, 0.1) is 0 Å². The fraction of sp³-hybridized carbons (Fsp3) is 0.312. The van der Waals surface area contributed by atoms with Gasteiger partial charge in [-0.25, -0.2) is 0 Å². The molecule has 0 unspecified atom stereocenters. The third-order valence-electron chi connectivity index (χ3n) is 3.64. The highest BCUT2D eigenvalue weighted by Crippen LogP contribution is 2.33. The van der Waals surface area contributed by atoms with Gasteiger partial charge in [-0.2, -0.15) is 0 Å².